The van der Waals surface area contributed by atoms with Crippen molar-refractivity contribution in [3.05, 3.63) is 175 Å². The van der Waals surface area contributed by atoms with Crippen LogP contribution < -0.4 is 35.9 Å². The molecule has 1 aliphatic rings. The Morgan fingerprint density at radius 3 is 1.85 bits per heavy atom. The average molecular weight is 704 g/mol. The van der Waals surface area contributed by atoms with Crippen molar-refractivity contribution in [1.82, 2.24) is 14.0 Å². The molecular weight excluding hydrogens is 667 g/mol. The van der Waals surface area contributed by atoms with Gasteiger partial charge in [-0.25, -0.2) is 4.98 Å². The topological polar surface area (TPSA) is 31.5 Å². The molecule has 0 atom stereocenters. The number of benzene rings is 7. The molecule has 52 heavy (non-hydrogen) atoms. The normalized spacial score (nSPS) is 13.6. The second-order valence-electron chi connectivity index (χ2n) is 14.4. The number of hydrogen-bond acceptors (Lipinski definition) is 2. The molecule has 9 aromatic rings. The minimum Gasteiger partial charge on any atom is -0.458 e. The quantitative estimate of drug-likeness (QED) is 0.142. The summed E-state index contributed by atoms with van der Waals surface area (Å²) >= 11 is 0. The monoisotopic (exact) mass is 703 g/mol. The molecule has 0 N–H and O–H groups in total. The van der Waals surface area contributed by atoms with Gasteiger partial charge in [-0.3, -0.25) is 8.97 Å². The first-order chi connectivity index (χ1) is 25.5. The first kappa shape index (κ1) is 30.8. The van der Waals surface area contributed by atoms with E-state index < -0.39 is 16.1 Å². The largest absolute Gasteiger partial charge is 0.458 e. The predicted molar refractivity (Wildman–Crippen MR) is 221 cm³/mol. The molecule has 250 valence electrons. The lowest BCUT2D eigenvalue weighted by atomic mass is 10.2. The summed E-state index contributed by atoms with van der Waals surface area (Å²) in [6.07, 6.45) is 0. The number of para-hydroxylation sites is 5. The van der Waals surface area contributed by atoms with Gasteiger partial charge in [0.15, 0.2) is 8.07 Å². The molecule has 0 aliphatic carbocycles. The molecule has 0 bridgehead atoms. The molecule has 0 saturated heterocycles. The van der Waals surface area contributed by atoms with E-state index in [1.807, 2.05) is 0 Å². The van der Waals surface area contributed by atoms with Crippen molar-refractivity contribution in [2.75, 3.05) is 0 Å². The minimum absolute atomic E-state index is 0.921. The van der Waals surface area contributed by atoms with Gasteiger partial charge in [0.1, 0.15) is 19.6 Å². The van der Waals surface area contributed by atoms with E-state index in [0.717, 1.165) is 45.0 Å². The predicted octanol–water partition coefficient (Wildman–Crippen LogP) is 7.05. The molecule has 3 heterocycles. The Morgan fingerprint density at radius 1 is 0.538 bits per heavy atom. The van der Waals surface area contributed by atoms with E-state index in [9.17, 15) is 0 Å². The van der Waals surface area contributed by atoms with E-state index in [2.05, 4.69) is 199 Å². The Labute approximate surface area is 305 Å². The fourth-order valence-electron chi connectivity index (χ4n) is 8.78. The van der Waals surface area contributed by atoms with Crippen LogP contribution in [0.25, 0.3) is 33.5 Å². The first-order valence-corrected chi connectivity index (χ1v) is 23.0. The van der Waals surface area contributed by atoms with E-state index >= 15 is 0 Å². The van der Waals surface area contributed by atoms with Crippen molar-refractivity contribution < 1.29 is 4.74 Å². The zero-order valence-corrected chi connectivity index (χ0v) is 31.4. The molecule has 10 rings (SSSR count). The lowest BCUT2D eigenvalue weighted by molar-refractivity contribution is 0.490. The number of ether oxygens (including phenoxy) is 1. The third-order valence-corrected chi connectivity index (χ3v) is 19.6. The maximum Gasteiger partial charge on any atom is 0.220 e. The van der Waals surface area contributed by atoms with Crippen LogP contribution in [0.2, 0.25) is 13.1 Å². The summed E-state index contributed by atoms with van der Waals surface area (Å²) in [5.74, 6) is 2.95. The van der Waals surface area contributed by atoms with Crippen LogP contribution in [0.1, 0.15) is 5.56 Å². The van der Waals surface area contributed by atoms with Gasteiger partial charge in [0.25, 0.3) is 0 Å². The van der Waals surface area contributed by atoms with Gasteiger partial charge in [0.05, 0.1) is 22.1 Å². The van der Waals surface area contributed by atoms with Gasteiger partial charge in [0, 0.05) is 5.69 Å². The van der Waals surface area contributed by atoms with Crippen molar-refractivity contribution in [3.8, 4) is 17.2 Å². The lowest BCUT2D eigenvalue weighted by Gasteiger charge is -2.40. The molecule has 7 aromatic carbocycles. The smallest absolute Gasteiger partial charge is 0.220 e. The molecule has 0 amide bonds. The molecule has 0 radical (unpaired) electrons. The summed E-state index contributed by atoms with van der Waals surface area (Å²) in [6, 6.07) is 62.3. The van der Waals surface area contributed by atoms with Gasteiger partial charge < -0.3 is 4.74 Å². The van der Waals surface area contributed by atoms with Gasteiger partial charge >= 0.3 is 0 Å². The lowest BCUT2D eigenvalue weighted by Crippen LogP contribution is -2.75. The Bertz CT molecular complexity index is 2760. The SMILES string of the molecule is Cc1cccc2c1nc1n(-c3ccc([Si](c4ccccc4)(c4ccccc4)c4cccc5c4Oc4ccccc4[Si]5(C)C)cc3)c3ccccc3n21. The Kier molecular flexibility index (Phi) is 6.84. The van der Waals surface area contributed by atoms with E-state index in [1.165, 1.54) is 36.7 Å². The fraction of sp³-hybridized carbons (Fsp3) is 0.0652. The van der Waals surface area contributed by atoms with Crippen LogP contribution in [0.4, 0.5) is 0 Å². The Morgan fingerprint density at radius 2 is 1.12 bits per heavy atom. The van der Waals surface area contributed by atoms with Crippen LogP contribution in [0, 0.1) is 6.92 Å². The molecule has 0 fully saturated rings. The zero-order chi connectivity index (χ0) is 35.0. The van der Waals surface area contributed by atoms with Gasteiger partial charge in [-0.05, 0) is 80.0 Å². The molecule has 0 spiro atoms. The summed E-state index contributed by atoms with van der Waals surface area (Å²) < 4.78 is 11.7. The first-order valence-electron chi connectivity index (χ1n) is 18.0. The summed E-state index contributed by atoms with van der Waals surface area (Å²) in [5.41, 5.74) is 6.70. The molecule has 2 aromatic heterocycles. The zero-order valence-electron chi connectivity index (χ0n) is 29.4. The molecule has 0 saturated carbocycles. The Balaban J connectivity index is 1.25. The highest BCUT2D eigenvalue weighted by molar-refractivity contribution is 7.20. The summed E-state index contributed by atoms with van der Waals surface area (Å²) in [7, 11) is -5.02. The third-order valence-electron chi connectivity index (χ3n) is 11.3. The number of fused-ring (bicyclic) bond motifs is 7. The van der Waals surface area contributed by atoms with Crippen LogP contribution in [-0.4, -0.2) is 30.1 Å². The summed E-state index contributed by atoms with van der Waals surface area (Å²) in [5, 5.41) is 7.95. The van der Waals surface area contributed by atoms with E-state index in [0.29, 0.717) is 0 Å². The number of aryl methyl sites for hydroxylation is 1. The molecular formula is C46H37N3OSi2. The highest BCUT2D eigenvalue weighted by Crippen LogP contribution is 2.32. The van der Waals surface area contributed by atoms with Crippen LogP contribution in [-0.2, 0) is 0 Å². The minimum atomic E-state index is -2.94. The van der Waals surface area contributed by atoms with Gasteiger partial charge in [-0.2, -0.15) is 0 Å². The van der Waals surface area contributed by atoms with Gasteiger partial charge in [-0.15, -0.1) is 0 Å². The second kappa shape index (κ2) is 11.5. The molecule has 0 unspecified atom stereocenters. The summed E-state index contributed by atoms with van der Waals surface area (Å²) in [4.78, 5) is 5.24. The van der Waals surface area contributed by atoms with Crippen molar-refractivity contribution in [3.63, 3.8) is 0 Å². The Hall–Kier alpha value is -5.96. The summed E-state index contributed by atoms with van der Waals surface area (Å²) in [6.45, 7) is 7.06. The standard InChI is InChI=1S/C46H37N3OSi2/c1-32-16-14-23-39-44(32)47-46-48(37-21-10-11-22-38(37)49(39)46)33-28-30-36(31-29-33)52(34-17-6-4-7-18-34,35-19-8-5-9-20-35)43-27-15-26-42-45(43)50-40-24-12-13-25-41(40)51(42,2)3/h4-31H,1-3H3. The van der Waals surface area contributed by atoms with Crippen molar-refractivity contribution in [2.24, 2.45) is 0 Å². The number of imidazole rings is 2. The highest BCUT2D eigenvalue weighted by atomic mass is 28.3. The molecule has 6 heteroatoms. The third kappa shape index (κ3) is 4.28. The molecule has 1 aliphatic heterocycles. The second-order valence-corrected chi connectivity index (χ2v) is 22.5. The van der Waals surface area contributed by atoms with Crippen LogP contribution in [0.3, 0.4) is 0 Å². The van der Waals surface area contributed by atoms with Crippen LogP contribution >= 0.6 is 0 Å². The van der Waals surface area contributed by atoms with Crippen molar-refractivity contribution >= 4 is 75.1 Å². The number of rotatable bonds is 5. The van der Waals surface area contributed by atoms with Crippen molar-refractivity contribution in [2.45, 2.75) is 20.0 Å². The average Bonchev–Trinajstić information content (AvgIpc) is 3.73. The van der Waals surface area contributed by atoms with E-state index in [4.69, 9.17) is 9.72 Å². The fourth-order valence-corrected chi connectivity index (χ4v) is 16.6. The van der Waals surface area contributed by atoms with E-state index in [-0.39, 0.29) is 0 Å². The molecule has 4 nitrogen and oxygen atoms in total. The maximum atomic E-state index is 7.09. The number of aromatic nitrogens is 3. The van der Waals surface area contributed by atoms with Crippen molar-refractivity contribution in [1.29, 1.82) is 0 Å². The van der Waals surface area contributed by atoms with Gasteiger partial charge in [-0.1, -0.05) is 147 Å². The number of hydrogen-bond donors (Lipinski definition) is 0. The van der Waals surface area contributed by atoms with Gasteiger partial charge in [0.2, 0.25) is 5.78 Å². The highest BCUT2D eigenvalue weighted by Gasteiger charge is 2.47. The number of nitrogens with zero attached hydrogens (tertiary/aromatic N) is 3. The van der Waals surface area contributed by atoms with Crippen LogP contribution in [0.15, 0.2) is 170 Å². The maximum absolute atomic E-state index is 7.09. The van der Waals surface area contributed by atoms with E-state index in [1.54, 1.807) is 0 Å². The van der Waals surface area contributed by atoms with Crippen LogP contribution in [0.5, 0.6) is 11.5 Å².